The monoisotopic (exact) mass is 316 g/mol. The molecular formula is C14H12N4O3S. The van der Waals surface area contributed by atoms with E-state index in [-0.39, 0.29) is 16.8 Å². The highest BCUT2D eigenvalue weighted by Crippen LogP contribution is 2.23. The van der Waals surface area contributed by atoms with Gasteiger partial charge in [-0.3, -0.25) is 0 Å². The number of carboxylic acid groups (broad SMARTS) is 1. The van der Waals surface area contributed by atoms with Crippen molar-refractivity contribution in [1.82, 2.24) is 4.98 Å². The van der Waals surface area contributed by atoms with Crippen LogP contribution in [0.1, 0.15) is 16.2 Å². The van der Waals surface area contributed by atoms with Gasteiger partial charge in [0.05, 0.1) is 0 Å². The van der Waals surface area contributed by atoms with Crippen LogP contribution in [-0.2, 0) is 0 Å². The van der Waals surface area contributed by atoms with Crippen molar-refractivity contribution in [3.63, 3.8) is 0 Å². The fraction of sp³-hybridized carbons (Fsp3) is 0.0714. The lowest BCUT2D eigenvalue weighted by Gasteiger charge is -2.04. The van der Waals surface area contributed by atoms with Gasteiger partial charge in [-0.2, -0.15) is 4.99 Å². The number of carbonyl (C=O) groups is 1. The summed E-state index contributed by atoms with van der Waals surface area (Å²) in [5, 5.41) is 14.4. The van der Waals surface area contributed by atoms with Crippen LogP contribution >= 0.6 is 11.3 Å². The van der Waals surface area contributed by atoms with Crippen molar-refractivity contribution in [2.45, 2.75) is 6.92 Å². The number of rotatable bonds is 3. The number of aromatic carboxylic acids is 1. The van der Waals surface area contributed by atoms with Crippen molar-refractivity contribution in [1.29, 1.82) is 0 Å². The zero-order valence-electron chi connectivity index (χ0n) is 11.5. The maximum Gasteiger partial charge on any atom is 0.355 e. The van der Waals surface area contributed by atoms with Crippen molar-refractivity contribution in [2.75, 3.05) is 5.32 Å². The maximum absolute atomic E-state index is 10.8. The van der Waals surface area contributed by atoms with Crippen molar-refractivity contribution in [3.05, 3.63) is 41.1 Å². The summed E-state index contributed by atoms with van der Waals surface area (Å²) in [6.45, 7) is 1.88. The SMILES string of the molecule is Cc1cc2cc(NC(N)=Nc3nc(C(=O)O)cs3)ccc2o1. The molecule has 0 radical (unpaired) electrons. The summed E-state index contributed by atoms with van der Waals surface area (Å²) in [7, 11) is 0. The van der Waals surface area contributed by atoms with Gasteiger partial charge < -0.3 is 20.6 Å². The van der Waals surface area contributed by atoms with E-state index in [0.717, 1.165) is 33.8 Å². The van der Waals surface area contributed by atoms with E-state index in [1.54, 1.807) is 0 Å². The summed E-state index contributed by atoms with van der Waals surface area (Å²) < 4.78 is 5.50. The molecule has 0 saturated heterocycles. The maximum atomic E-state index is 10.8. The molecule has 112 valence electrons. The number of aryl methyl sites for hydroxylation is 1. The second-order valence-electron chi connectivity index (χ2n) is 4.55. The van der Waals surface area contributed by atoms with Gasteiger partial charge in [0.25, 0.3) is 0 Å². The zero-order chi connectivity index (χ0) is 15.7. The number of nitrogens with zero attached hydrogens (tertiary/aromatic N) is 2. The molecule has 22 heavy (non-hydrogen) atoms. The molecule has 0 aliphatic rings. The average Bonchev–Trinajstić information content (AvgIpc) is 3.03. The molecule has 0 spiro atoms. The first kappa shape index (κ1) is 14.1. The number of fused-ring (bicyclic) bond motifs is 1. The van der Waals surface area contributed by atoms with Crippen LogP contribution in [-0.4, -0.2) is 22.0 Å². The van der Waals surface area contributed by atoms with Crippen LogP contribution in [0.4, 0.5) is 10.8 Å². The molecule has 0 amide bonds. The number of carboxylic acids is 1. The molecule has 0 fully saturated rings. The van der Waals surface area contributed by atoms with E-state index >= 15 is 0 Å². The lowest BCUT2D eigenvalue weighted by atomic mass is 10.2. The first-order chi connectivity index (χ1) is 10.5. The van der Waals surface area contributed by atoms with Gasteiger partial charge in [0.1, 0.15) is 11.3 Å². The number of hydrogen-bond acceptors (Lipinski definition) is 5. The molecule has 4 N–H and O–H groups in total. The second kappa shape index (κ2) is 5.49. The van der Waals surface area contributed by atoms with Crippen LogP contribution < -0.4 is 11.1 Å². The first-order valence-electron chi connectivity index (χ1n) is 6.31. The Morgan fingerprint density at radius 1 is 1.45 bits per heavy atom. The fourth-order valence-corrected chi connectivity index (χ4v) is 2.62. The Kier molecular flexibility index (Phi) is 3.51. The second-order valence-corrected chi connectivity index (χ2v) is 5.39. The number of benzene rings is 1. The van der Waals surface area contributed by atoms with E-state index in [1.165, 1.54) is 5.38 Å². The lowest BCUT2D eigenvalue weighted by Crippen LogP contribution is -2.21. The standard InChI is InChI=1S/C14H12N4O3S/c1-7-4-8-5-9(2-3-11(8)21-7)16-13(15)18-14-17-10(6-22-14)12(19)20/h2-6H,1H3,(H,19,20)(H3,15,16,17,18). The summed E-state index contributed by atoms with van der Waals surface area (Å²) in [5.41, 5.74) is 7.31. The van der Waals surface area contributed by atoms with Crippen LogP contribution in [0.5, 0.6) is 0 Å². The highest BCUT2D eigenvalue weighted by Gasteiger charge is 2.08. The van der Waals surface area contributed by atoms with Crippen LogP contribution in [0.15, 0.2) is 39.1 Å². The summed E-state index contributed by atoms with van der Waals surface area (Å²) in [6.07, 6.45) is 0. The predicted octanol–water partition coefficient (Wildman–Crippen LogP) is 2.95. The topological polar surface area (TPSA) is 114 Å². The molecule has 8 heteroatoms. The van der Waals surface area contributed by atoms with Gasteiger partial charge in [-0.05, 0) is 31.2 Å². The van der Waals surface area contributed by atoms with Crippen molar-refractivity contribution >= 4 is 45.1 Å². The fourth-order valence-electron chi connectivity index (χ4n) is 1.95. The van der Waals surface area contributed by atoms with Gasteiger partial charge in [0.15, 0.2) is 5.69 Å². The quantitative estimate of drug-likeness (QED) is 0.505. The van der Waals surface area contributed by atoms with E-state index in [0.29, 0.717) is 0 Å². The highest BCUT2D eigenvalue weighted by atomic mass is 32.1. The highest BCUT2D eigenvalue weighted by molar-refractivity contribution is 7.13. The third-order valence-electron chi connectivity index (χ3n) is 2.84. The Morgan fingerprint density at radius 3 is 3.00 bits per heavy atom. The van der Waals surface area contributed by atoms with Crippen LogP contribution in [0.2, 0.25) is 0 Å². The average molecular weight is 316 g/mol. The Morgan fingerprint density at radius 2 is 2.27 bits per heavy atom. The van der Waals surface area contributed by atoms with E-state index in [9.17, 15) is 4.79 Å². The Balaban J connectivity index is 1.80. The summed E-state index contributed by atoms with van der Waals surface area (Å²) in [5.74, 6) is -0.131. The predicted molar refractivity (Wildman–Crippen MR) is 84.9 cm³/mol. The van der Waals surface area contributed by atoms with Crippen molar-refractivity contribution in [2.24, 2.45) is 10.7 Å². The van der Waals surface area contributed by atoms with Crippen LogP contribution in [0.25, 0.3) is 11.0 Å². The minimum atomic E-state index is -1.09. The molecule has 0 aliphatic carbocycles. The van der Waals surface area contributed by atoms with Gasteiger partial charge in [-0.15, -0.1) is 11.3 Å². The Labute approximate surface area is 129 Å². The van der Waals surface area contributed by atoms with E-state index in [2.05, 4.69) is 15.3 Å². The normalized spacial score (nSPS) is 11.8. The molecule has 0 unspecified atom stereocenters. The van der Waals surface area contributed by atoms with Gasteiger partial charge in [-0.25, -0.2) is 9.78 Å². The molecule has 0 atom stereocenters. The number of aliphatic imine (C=N–C) groups is 1. The number of furan rings is 1. The lowest BCUT2D eigenvalue weighted by molar-refractivity contribution is 0.0691. The van der Waals surface area contributed by atoms with Crippen molar-refractivity contribution in [3.8, 4) is 0 Å². The van der Waals surface area contributed by atoms with Crippen LogP contribution in [0.3, 0.4) is 0 Å². The summed E-state index contributed by atoms with van der Waals surface area (Å²) in [6, 6.07) is 7.47. The van der Waals surface area contributed by atoms with Gasteiger partial charge in [0.2, 0.25) is 11.1 Å². The van der Waals surface area contributed by atoms with E-state index in [4.69, 9.17) is 15.3 Å². The third-order valence-corrected chi connectivity index (χ3v) is 3.57. The Hall–Kier alpha value is -2.87. The molecule has 2 aromatic heterocycles. The van der Waals surface area contributed by atoms with Gasteiger partial charge in [-0.1, -0.05) is 0 Å². The molecule has 2 heterocycles. The zero-order valence-corrected chi connectivity index (χ0v) is 12.3. The number of thiazole rings is 1. The number of anilines is 1. The molecule has 0 aliphatic heterocycles. The Bertz CT molecular complexity index is 881. The number of nitrogens with two attached hydrogens (primary N) is 1. The number of aromatic nitrogens is 1. The molecular weight excluding hydrogens is 304 g/mol. The van der Waals surface area contributed by atoms with Gasteiger partial charge in [0, 0.05) is 16.5 Å². The number of hydrogen-bond donors (Lipinski definition) is 3. The largest absolute Gasteiger partial charge is 0.476 e. The molecule has 0 saturated carbocycles. The molecule has 3 rings (SSSR count). The summed E-state index contributed by atoms with van der Waals surface area (Å²) >= 11 is 1.11. The van der Waals surface area contributed by atoms with E-state index in [1.807, 2.05) is 31.2 Å². The third kappa shape index (κ3) is 2.91. The minimum absolute atomic E-state index is 0.0492. The molecule has 0 bridgehead atoms. The molecule has 7 nitrogen and oxygen atoms in total. The van der Waals surface area contributed by atoms with E-state index < -0.39 is 5.97 Å². The molecule has 1 aromatic carbocycles. The van der Waals surface area contributed by atoms with Crippen LogP contribution in [0, 0.1) is 6.92 Å². The number of nitrogens with one attached hydrogen (secondary N) is 1. The minimum Gasteiger partial charge on any atom is -0.476 e. The smallest absolute Gasteiger partial charge is 0.355 e. The molecule has 3 aromatic rings. The summed E-state index contributed by atoms with van der Waals surface area (Å²) in [4.78, 5) is 18.6. The van der Waals surface area contributed by atoms with Gasteiger partial charge >= 0.3 is 5.97 Å². The first-order valence-corrected chi connectivity index (χ1v) is 7.19. The van der Waals surface area contributed by atoms with Crippen molar-refractivity contribution < 1.29 is 14.3 Å². The number of guanidine groups is 1.